The Kier molecular flexibility index (Phi) is 6.41. The van der Waals surface area contributed by atoms with Crippen molar-refractivity contribution < 1.29 is 15.7 Å². The molecule has 78 valence electrons. The van der Waals surface area contributed by atoms with Gasteiger partial charge in [-0.1, -0.05) is 34.6 Å². The van der Waals surface area contributed by atoms with Gasteiger partial charge >= 0.3 is 34.8 Å². The van der Waals surface area contributed by atoms with Crippen LogP contribution in [0.4, 0.5) is 0 Å². The fourth-order valence-electron chi connectivity index (χ4n) is 1.41. The molecule has 0 unspecified atom stereocenters. The van der Waals surface area contributed by atoms with Crippen LogP contribution < -0.4 is 0 Å². The molecule has 0 aliphatic rings. The number of rotatable bonds is 0. The average molecular weight is 398 g/mol. The molecule has 0 aliphatic carbocycles. The molecule has 0 amide bonds. The third kappa shape index (κ3) is 3.32. The predicted octanol–water partition coefficient (Wildman–Crippen LogP) is 4.32. The Labute approximate surface area is 97.0 Å². The molecule has 0 spiro atoms. The van der Waals surface area contributed by atoms with Crippen molar-refractivity contribution in [2.45, 2.75) is 34.6 Å². The Hall–Kier alpha value is 0.579. The van der Waals surface area contributed by atoms with E-state index in [2.05, 4.69) is 34.6 Å². The summed E-state index contributed by atoms with van der Waals surface area (Å²) in [5.74, 6) is 0. The molecule has 0 aliphatic heterocycles. The number of hydrogen-bond acceptors (Lipinski definition) is 0. The van der Waals surface area contributed by atoms with Crippen LogP contribution >= 0.6 is 19.2 Å². The monoisotopic (exact) mass is 398 g/mol. The molecule has 0 fully saturated rings. The van der Waals surface area contributed by atoms with E-state index < -0.39 is 15.7 Å². The van der Waals surface area contributed by atoms with E-state index in [1.807, 2.05) is 0 Å². The molecule has 0 nitrogen and oxygen atoms in total. The van der Waals surface area contributed by atoms with Gasteiger partial charge in [0.25, 0.3) is 0 Å². The van der Waals surface area contributed by atoms with Gasteiger partial charge in [0.1, 0.15) is 0 Å². The van der Waals surface area contributed by atoms with E-state index in [0.717, 1.165) is 0 Å². The second-order valence-electron chi connectivity index (χ2n) is 3.17. The second-order valence-corrected chi connectivity index (χ2v) is 6.63. The van der Waals surface area contributed by atoms with Gasteiger partial charge in [0.2, 0.25) is 0 Å². The summed E-state index contributed by atoms with van der Waals surface area (Å²) in [6.45, 7) is 11.0. The predicted molar refractivity (Wildman–Crippen MR) is 57.4 cm³/mol. The molecule has 0 atom stereocenters. The van der Waals surface area contributed by atoms with E-state index in [1.54, 1.807) is 0 Å². The van der Waals surface area contributed by atoms with Crippen molar-refractivity contribution in [3.05, 3.63) is 27.8 Å². The molecule has 1 aromatic carbocycles. The van der Waals surface area contributed by atoms with Crippen LogP contribution in [0.25, 0.3) is 0 Å². The summed E-state index contributed by atoms with van der Waals surface area (Å²) < 4.78 is 0. The first-order valence-corrected chi connectivity index (χ1v) is 9.94. The topological polar surface area (TPSA) is 0 Å². The van der Waals surface area contributed by atoms with Crippen molar-refractivity contribution in [3.63, 3.8) is 0 Å². The Balaban J connectivity index is 0.000000424. The molecular formula is C10H15Cl2Ir. The van der Waals surface area contributed by atoms with Crippen LogP contribution in [0, 0.1) is 34.6 Å². The first-order chi connectivity index (χ1) is 5.97. The summed E-state index contributed by atoms with van der Waals surface area (Å²) in [4.78, 5) is 0. The number of halogens is 2. The Morgan fingerprint density at radius 3 is 1.23 bits per heavy atom. The Morgan fingerprint density at radius 2 is 1.15 bits per heavy atom. The van der Waals surface area contributed by atoms with E-state index >= 15 is 0 Å². The molecule has 0 N–H and O–H groups in total. The molecule has 0 saturated carbocycles. The van der Waals surface area contributed by atoms with E-state index in [0.29, 0.717) is 0 Å². The zero-order valence-electron chi connectivity index (χ0n) is 8.59. The van der Waals surface area contributed by atoms with Gasteiger partial charge in [0, 0.05) is 0 Å². The summed E-state index contributed by atoms with van der Waals surface area (Å²) in [7, 11) is 9.78. The van der Waals surface area contributed by atoms with Gasteiger partial charge in [-0.3, -0.25) is 0 Å². The summed E-state index contributed by atoms with van der Waals surface area (Å²) in [6.07, 6.45) is 0. The molecular weight excluding hydrogens is 383 g/mol. The summed E-state index contributed by atoms with van der Waals surface area (Å²) in [6, 6.07) is 0. The maximum absolute atomic E-state index is 4.89. The quantitative estimate of drug-likeness (QED) is 0.571. The summed E-state index contributed by atoms with van der Waals surface area (Å²) in [5, 5.41) is 0. The second kappa shape index (κ2) is 6.14. The minimum absolute atomic E-state index is 0.556. The molecule has 1 aromatic rings. The van der Waals surface area contributed by atoms with Gasteiger partial charge in [-0.2, -0.15) is 27.8 Å². The summed E-state index contributed by atoms with van der Waals surface area (Å²) >= 11 is -0.556. The zero-order valence-corrected chi connectivity index (χ0v) is 12.5. The molecule has 13 heavy (non-hydrogen) atoms. The van der Waals surface area contributed by atoms with E-state index in [1.165, 1.54) is 27.8 Å². The summed E-state index contributed by atoms with van der Waals surface area (Å²) in [5.41, 5.74) is 7.34. The van der Waals surface area contributed by atoms with Crippen molar-refractivity contribution in [1.82, 2.24) is 0 Å². The van der Waals surface area contributed by atoms with Crippen LogP contribution in [0.2, 0.25) is 0 Å². The SMILES string of the molecule is Cc1c(C)c(C)[c-](C)c1C.[Cl][Ir+][Cl]. The zero-order chi connectivity index (χ0) is 10.6. The number of hydrogen-bond donors (Lipinski definition) is 0. The van der Waals surface area contributed by atoms with E-state index in [-0.39, 0.29) is 0 Å². The molecule has 0 saturated heterocycles. The van der Waals surface area contributed by atoms with Gasteiger partial charge in [0.05, 0.1) is 0 Å². The fraction of sp³-hybridized carbons (Fsp3) is 0.500. The molecule has 3 heteroatoms. The van der Waals surface area contributed by atoms with Gasteiger partial charge in [-0.05, 0) is 0 Å². The Morgan fingerprint density at radius 1 is 0.923 bits per heavy atom. The molecule has 1 rings (SSSR count). The minimum atomic E-state index is -0.556. The molecule has 0 aromatic heterocycles. The van der Waals surface area contributed by atoms with Crippen molar-refractivity contribution >= 4 is 19.2 Å². The van der Waals surface area contributed by atoms with Crippen LogP contribution in [0.1, 0.15) is 27.8 Å². The molecule has 0 bridgehead atoms. The van der Waals surface area contributed by atoms with Crippen LogP contribution in [0.15, 0.2) is 0 Å². The standard InChI is InChI=1S/C10H15.2ClH.Ir/c1-6-7(2)9(4)10(5)8(6)3;;;/h1-5H3;2*1H;/q-1;;;+3/p-2. The van der Waals surface area contributed by atoms with Crippen molar-refractivity contribution in [3.8, 4) is 0 Å². The third-order valence-corrected chi connectivity index (χ3v) is 2.81. The third-order valence-electron chi connectivity index (χ3n) is 2.81. The van der Waals surface area contributed by atoms with Crippen LogP contribution in [0.5, 0.6) is 0 Å². The van der Waals surface area contributed by atoms with Crippen LogP contribution in [-0.2, 0) is 15.7 Å². The van der Waals surface area contributed by atoms with E-state index in [9.17, 15) is 0 Å². The van der Waals surface area contributed by atoms with Crippen LogP contribution in [0.3, 0.4) is 0 Å². The van der Waals surface area contributed by atoms with E-state index in [4.69, 9.17) is 19.2 Å². The average Bonchev–Trinajstić information content (AvgIpc) is 2.25. The fourth-order valence-corrected chi connectivity index (χ4v) is 1.41. The van der Waals surface area contributed by atoms with Crippen LogP contribution in [-0.4, -0.2) is 0 Å². The Bertz CT molecular complexity index is 197. The van der Waals surface area contributed by atoms with Crippen molar-refractivity contribution in [1.29, 1.82) is 0 Å². The van der Waals surface area contributed by atoms with Crippen molar-refractivity contribution in [2.24, 2.45) is 0 Å². The van der Waals surface area contributed by atoms with Gasteiger partial charge < -0.3 is 0 Å². The normalized spacial score (nSPS) is 9.77. The molecule has 0 radical (unpaired) electrons. The van der Waals surface area contributed by atoms with Gasteiger partial charge in [0.15, 0.2) is 0 Å². The first kappa shape index (κ1) is 13.6. The molecule has 0 heterocycles. The maximum atomic E-state index is 4.89. The first-order valence-electron chi connectivity index (χ1n) is 4.00. The van der Waals surface area contributed by atoms with Gasteiger partial charge in [-0.25, -0.2) is 0 Å². The van der Waals surface area contributed by atoms with Gasteiger partial charge in [-0.15, -0.1) is 0 Å². The van der Waals surface area contributed by atoms with Crippen molar-refractivity contribution in [2.75, 3.05) is 0 Å².